The topological polar surface area (TPSA) is 12.5 Å². The molecule has 1 aliphatic carbocycles. The minimum absolute atomic E-state index is 0.530. The fraction of sp³-hybridized carbons (Fsp3) is 0.0154. The zero-order valence-electron chi connectivity index (χ0n) is 36.7. The molecule has 1 aliphatic heterocycles. The molecule has 0 atom stereocenters. The van der Waals surface area contributed by atoms with Gasteiger partial charge in [-0.2, -0.15) is 0 Å². The second kappa shape index (κ2) is 15.8. The summed E-state index contributed by atoms with van der Waals surface area (Å²) in [7, 11) is 0. The molecule has 0 unspecified atom stereocenters. The van der Waals surface area contributed by atoms with Crippen molar-refractivity contribution >= 4 is 27.8 Å². The van der Waals surface area contributed by atoms with Crippen LogP contribution in [0.1, 0.15) is 22.3 Å². The van der Waals surface area contributed by atoms with Gasteiger partial charge >= 0.3 is 0 Å². The lowest BCUT2D eigenvalue weighted by Crippen LogP contribution is -2.28. The summed E-state index contributed by atoms with van der Waals surface area (Å²) in [4.78, 5) is 2.43. The second-order valence-electron chi connectivity index (χ2n) is 17.6. The van der Waals surface area contributed by atoms with Gasteiger partial charge in [-0.3, -0.25) is 0 Å². The maximum atomic E-state index is 6.52. The molecule has 11 aromatic carbocycles. The summed E-state index contributed by atoms with van der Waals surface area (Å²) in [6, 6.07) is 95.0. The summed E-state index contributed by atoms with van der Waals surface area (Å²) >= 11 is 0. The van der Waals surface area contributed by atoms with E-state index in [0.717, 1.165) is 50.6 Å². The van der Waals surface area contributed by atoms with Crippen LogP contribution in [0.15, 0.2) is 261 Å². The van der Waals surface area contributed by atoms with Crippen LogP contribution in [0.3, 0.4) is 0 Å². The SMILES string of the molecule is c1ccc(-c2ccc(-c3ccc(N(c4cccc(-c5ccc6c7c(cccc57)-c5ccccc5O6)c4)c4ccc5c(c4)C(c4ccccc4)(c4ccccc4)c4ccccc4-5)cc3)cc2)cc1. The van der Waals surface area contributed by atoms with Crippen molar-refractivity contribution in [3.63, 3.8) is 0 Å². The average Bonchev–Trinajstić information content (AvgIpc) is 3.70. The summed E-state index contributed by atoms with van der Waals surface area (Å²) < 4.78 is 6.52. The van der Waals surface area contributed by atoms with Gasteiger partial charge in [-0.15, -0.1) is 0 Å². The van der Waals surface area contributed by atoms with Crippen LogP contribution in [-0.4, -0.2) is 0 Å². The fourth-order valence-electron chi connectivity index (χ4n) is 11.0. The van der Waals surface area contributed by atoms with E-state index >= 15 is 0 Å². The first-order valence-corrected chi connectivity index (χ1v) is 23.1. The zero-order chi connectivity index (χ0) is 44.3. The third kappa shape index (κ3) is 6.26. The first-order chi connectivity index (χ1) is 33.2. The molecular formula is C65H43NO. The number of fused-ring (bicyclic) bond motifs is 5. The first kappa shape index (κ1) is 38.7. The molecule has 0 amide bonds. The molecule has 67 heavy (non-hydrogen) atoms. The predicted molar refractivity (Wildman–Crippen MR) is 278 cm³/mol. The van der Waals surface area contributed by atoms with Crippen LogP contribution in [0, 0.1) is 0 Å². The van der Waals surface area contributed by atoms with Gasteiger partial charge in [-0.1, -0.05) is 212 Å². The number of benzene rings is 11. The molecule has 0 saturated heterocycles. The van der Waals surface area contributed by atoms with Crippen LogP contribution in [0.25, 0.3) is 66.4 Å². The van der Waals surface area contributed by atoms with Gasteiger partial charge in [0.05, 0.1) is 5.41 Å². The van der Waals surface area contributed by atoms with Gasteiger partial charge in [0.15, 0.2) is 0 Å². The molecule has 0 fully saturated rings. The van der Waals surface area contributed by atoms with E-state index in [2.05, 4.69) is 260 Å². The Hall–Kier alpha value is -8.72. The highest BCUT2D eigenvalue weighted by Crippen LogP contribution is 2.57. The minimum atomic E-state index is -0.530. The third-order valence-electron chi connectivity index (χ3n) is 14.0. The molecule has 0 bridgehead atoms. The molecule has 0 radical (unpaired) electrons. The van der Waals surface area contributed by atoms with E-state index in [0.29, 0.717) is 0 Å². The van der Waals surface area contributed by atoms with Crippen molar-refractivity contribution in [3.8, 4) is 67.1 Å². The predicted octanol–water partition coefficient (Wildman–Crippen LogP) is 17.4. The van der Waals surface area contributed by atoms with Crippen molar-refractivity contribution < 1.29 is 4.74 Å². The Balaban J connectivity index is 0.987. The van der Waals surface area contributed by atoms with Gasteiger partial charge in [0, 0.05) is 28.0 Å². The van der Waals surface area contributed by atoms with Crippen LogP contribution in [-0.2, 0) is 5.41 Å². The normalized spacial score (nSPS) is 12.7. The summed E-state index contributed by atoms with van der Waals surface area (Å²) in [5.74, 6) is 1.78. The van der Waals surface area contributed by atoms with Crippen LogP contribution < -0.4 is 9.64 Å². The van der Waals surface area contributed by atoms with Crippen LogP contribution in [0.4, 0.5) is 17.1 Å². The Kier molecular flexibility index (Phi) is 9.11. The Morgan fingerprint density at radius 1 is 0.284 bits per heavy atom. The van der Waals surface area contributed by atoms with Gasteiger partial charge in [0.25, 0.3) is 0 Å². The van der Waals surface area contributed by atoms with E-state index in [1.807, 2.05) is 6.07 Å². The van der Waals surface area contributed by atoms with Crippen molar-refractivity contribution in [1.29, 1.82) is 0 Å². The van der Waals surface area contributed by atoms with Gasteiger partial charge in [0.1, 0.15) is 11.5 Å². The highest BCUT2D eigenvalue weighted by Gasteiger charge is 2.46. The molecule has 0 aromatic heterocycles. The Labute approximate surface area is 391 Å². The number of anilines is 3. The molecular weight excluding hydrogens is 811 g/mol. The third-order valence-corrected chi connectivity index (χ3v) is 14.0. The van der Waals surface area contributed by atoms with Crippen LogP contribution in [0.5, 0.6) is 11.5 Å². The van der Waals surface area contributed by atoms with Crippen LogP contribution >= 0.6 is 0 Å². The fourth-order valence-corrected chi connectivity index (χ4v) is 11.0. The monoisotopic (exact) mass is 853 g/mol. The van der Waals surface area contributed by atoms with Crippen molar-refractivity contribution in [2.45, 2.75) is 5.41 Å². The van der Waals surface area contributed by atoms with Crippen molar-refractivity contribution in [2.24, 2.45) is 0 Å². The lowest BCUT2D eigenvalue weighted by Gasteiger charge is -2.35. The van der Waals surface area contributed by atoms with Crippen molar-refractivity contribution in [3.05, 3.63) is 283 Å². The summed E-state index contributed by atoms with van der Waals surface area (Å²) in [5.41, 5.74) is 19.7. The highest BCUT2D eigenvalue weighted by atomic mass is 16.5. The molecule has 1 heterocycles. The summed E-state index contributed by atoms with van der Waals surface area (Å²) in [6.07, 6.45) is 0. The number of ether oxygens (including phenoxy) is 1. The maximum Gasteiger partial charge on any atom is 0.135 e. The van der Waals surface area contributed by atoms with E-state index in [-0.39, 0.29) is 0 Å². The molecule has 2 nitrogen and oxygen atoms in total. The van der Waals surface area contributed by atoms with Crippen molar-refractivity contribution in [2.75, 3.05) is 4.90 Å². The largest absolute Gasteiger partial charge is 0.456 e. The van der Waals surface area contributed by atoms with E-state index in [4.69, 9.17) is 4.74 Å². The lowest BCUT2D eigenvalue weighted by molar-refractivity contribution is 0.487. The molecule has 0 spiro atoms. The van der Waals surface area contributed by atoms with Gasteiger partial charge in [-0.05, 0) is 126 Å². The van der Waals surface area contributed by atoms with Gasteiger partial charge in [-0.25, -0.2) is 0 Å². The number of hydrogen-bond acceptors (Lipinski definition) is 2. The molecule has 11 aromatic rings. The molecule has 2 aliphatic rings. The molecule has 0 N–H and O–H groups in total. The second-order valence-corrected chi connectivity index (χ2v) is 17.6. The Bertz CT molecular complexity index is 3600. The Morgan fingerprint density at radius 2 is 0.791 bits per heavy atom. The first-order valence-electron chi connectivity index (χ1n) is 23.1. The minimum Gasteiger partial charge on any atom is -0.456 e. The maximum absolute atomic E-state index is 6.52. The molecule has 0 saturated carbocycles. The zero-order valence-corrected chi connectivity index (χ0v) is 36.7. The van der Waals surface area contributed by atoms with Gasteiger partial charge in [0.2, 0.25) is 0 Å². The van der Waals surface area contributed by atoms with E-state index in [1.165, 1.54) is 66.6 Å². The highest BCUT2D eigenvalue weighted by molar-refractivity contribution is 6.10. The van der Waals surface area contributed by atoms with E-state index in [1.54, 1.807) is 0 Å². The standard InChI is InChI=1S/C65H43NO/c1-4-16-44(17-5-1)45-30-32-46(33-31-45)47-34-36-51(37-35-47)66(52-23-14-18-48(42-52)54-40-41-63-64-58(54)26-15-27-59(64)57-25-11-13-29-62(57)67-63)53-38-39-56-55-24-10-12-28-60(55)65(61(56)43-53,49-19-6-2-7-20-49)50-21-8-3-9-22-50/h1-43H. The van der Waals surface area contributed by atoms with E-state index in [9.17, 15) is 0 Å². The quantitative estimate of drug-likeness (QED) is 0.151. The molecule has 13 rings (SSSR count). The lowest BCUT2D eigenvalue weighted by atomic mass is 9.67. The molecule has 314 valence electrons. The summed E-state index contributed by atoms with van der Waals surface area (Å²) in [6.45, 7) is 0. The Morgan fingerprint density at radius 3 is 1.51 bits per heavy atom. The van der Waals surface area contributed by atoms with E-state index < -0.39 is 5.41 Å². The number of hydrogen-bond donors (Lipinski definition) is 0. The smallest absolute Gasteiger partial charge is 0.135 e. The van der Waals surface area contributed by atoms with Gasteiger partial charge < -0.3 is 9.64 Å². The number of rotatable bonds is 8. The average molecular weight is 854 g/mol. The molecule has 2 heteroatoms. The number of nitrogens with zero attached hydrogens (tertiary/aromatic N) is 1. The summed E-state index contributed by atoms with van der Waals surface area (Å²) in [5, 5.41) is 2.31. The van der Waals surface area contributed by atoms with Crippen LogP contribution in [0.2, 0.25) is 0 Å². The van der Waals surface area contributed by atoms with Crippen molar-refractivity contribution in [1.82, 2.24) is 0 Å². The number of para-hydroxylation sites is 1.